The maximum absolute atomic E-state index is 10.9. The van der Waals surface area contributed by atoms with Gasteiger partial charge in [0.25, 0.3) is 0 Å². The van der Waals surface area contributed by atoms with Gasteiger partial charge in [-0.15, -0.1) is 0 Å². The van der Waals surface area contributed by atoms with Crippen LogP contribution < -0.4 is 11.3 Å². The SMILES string of the molecule is CN(C)C1CCN(CCCCC(=O)NN)C1. The van der Waals surface area contributed by atoms with Crippen LogP contribution in [-0.2, 0) is 4.79 Å². The van der Waals surface area contributed by atoms with E-state index in [-0.39, 0.29) is 5.91 Å². The van der Waals surface area contributed by atoms with E-state index < -0.39 is 0 Å². The molecule has 3 N–H and O–H groups in total. The van der Waals surface area contributed by atoms with Crippen LogP contribution >= 0.6 is 0 Å². The normalized spacial score (nSPS) is 21.6. The van der Waals surface area contributed by atoms with E-state index in [0.717, 1.165) is 25.9 Å². The molecule has 1 rings (SSSR count). The number of likely N-dealkylation sites (N-methyl/N-ethyl adjacent to an activating group) is 1. The van der Waals surface area contributed by atoms with Crippen molar-refractivity contribution in [3.8, 4) is 0 Å². The molecule has 1 fully saturated rings. The Morgan fingerprint density at radius 2 is 2.25 bits per heavy atom. The molecule has 94 valence electrons. The number of rotatable bonds is 6. The van der Waals surface area contributed by atoms with E-state index in [1.54, 1.807) is 0 Å². The van der Waals surface area contributed by atoms with Crippen LogP contribution in [0.1, 0.15) is 25.7 Å². The average molecular weight is 228 g/mol. The summed E-state index contributed by atoms with van der Waals surface area (Å²) < 4.78 is 0. The molecule has 1 heterocycles. The summed E-state index contributed by atoms with van der Waals surface area (Å²) in [6, 6.07) is 0.701. The van der Waals surface area contributed by atoms with E-state index in [9.17, 15) is 4.79 Å². The number of nitrogens with one attached hydrogen (secondary N) is 1. The fraction of sp³-hybridized carbons (Fsp3) is 0.909. The van der Waals surface area contributed by atoms with Gasteiger partial charge in [0.05, 0.1) is 0 Å². The number of carbonyl (C=O) groups excluding carboxylic acids is 1. The summed E-state index contributed by atoms with van der Waals surface area (Å²) in [4.78, 5) is 15.7. The Labute approximate surface area is 97.9 Å². The Morgan fingerprint density at radius 3 is 2.81 bits per heavy atom. The summed E-state index contributed by atoms with van der Waals surface area (Å²) in [5.74, 6) is 4.95. The summed E-state index contributed by atoms with van der Waals surface area (Å²) in [6.07, 6.45) is 3.80. The van der Waals surface area contributed by atoms with E-state index in [4.69, 9.17) is 5.84 Å². The van der Waals surface area contributed by atoms with Crippen molar-refractivity contribution in [3.05, 3.63) is 0 Å². The molecule has 1 aliphatic heterocycles. The first-order valence-corrected chi connectivity index (χ1v) is 6.01. The van der Waals surface area contributed by atoms with E-state index in [1.807, 2.05) is 0 Å². The molecule has 5 nitrogen and oxygen atoms in total. The predicted molar refractivity (Wildman–Crippen MR) is 64.7 cm³/mol. The fourth-order valence-corrected chi connectivity index (χ4v) is 2.13. The van der Waals surface area contributed by atoms with Crippen molar-refractivity contribution in [2.45, 2.75) is 31.7 Å². The number of carbonyl (C=O) groups is 1. The zero-order valence-electron chi connectivity index (χ0n) is 10.4. The van der Waals surface area contributed by atoms with Gasteiger partial charge in [-0.3, -0.25) is 10.2 Å². The third-order valence-corrected chi connectivity index (χ3v) is 3.27. The number of likely N-dealkylation sites (tertiary alicyclic amines) is 1. The molecule has 1 amide bonds. The van der Waals surface area contributed by atoms with Gasteiger partial charge in [-0.1, -0.05) is 0 Å². The van der Waals surface area contributed by atoms with Gasteiger partial charge >= 0.3 is 0 Å². The Bertz CT molecular complexity index is 220. The molecule has 0 aliphatic carbocycles. The lowest BCUT2D eigenvalue weighted by atomic mass is 10.2. The molecule has 1 unspecified atom stereocenters. The zero-order chi connectivity index (χ0) is 12.0. The molecule has 0 aromatic heterocycles. The van der Waals surface area contributed by atoms with Gasteiger partial charge in [-0.25, -0.2) is 5.84 Å². The van der Waals surface area contributed by atoms with Crippen molar-refractivity contribution in [2.24, 2.45) is 5.84 Å². The minimum atomic E-state index is -0.0624. The van der Waals surface area contributed by atoms with Gasteiger partial charge in [0.1, 0.15) is 0 Å². The molecule has 0 aromatic rings. The minimum absolute atomic E-state index is 0.0624. The van der Waals surface area contributed by atoms with Gasteiger partial charge in [0.15, 0.2) is 0 Å². The van der Waals surface area contributed by atoms with Crippen LogP contribution in [0.3, 0.4) is 0 Å². The molecule has 0 aromatic carbocycles. The molecule has 0 radical (unpaired) electrons. The summed E-state index contributed by atoms with van der Waals surface area (Å²) in [6.45, 7) is 3.45. The maximum Gasteiger partial charge on any atom is 0.233 e. The Hall–Kier alpha value is -0.650. The Morgan fingerprint density at radius 1 is 1.50 bits per heavy atom. The predicted octanol–water partition coefficient (Wildman–Crippen LogP) is -0.217. The smallest absolute Gasteiger partial charge is 0.233 e. The van der Waals surface area contributed by atoms with Gasteiger partial charge in [-0.05, 0) is 46.4 Å². The molecule has 16 heavy (non-hydrogen) atoms. The third kappa shape index (κ3) is 4.47. The summed E-state index contributed by atoms with van der Waals surface area (Å²) in [5, 5.41) is 0. The molecule has 0 saturated carbocycles. The molecule has 1 aliphatic rings. The monoisotopic (exact) mass is 228 g/mol. The standard InChI is InChI=1S/C11H24N4O/c1-14(2)10-6-8-15(9-10)7-4-3-5-11(16)13-12/h10H,3-9,12H2,1-2H3,(H,13,16). The molecular formula is C11H24N4O. The van der Waals surface area contributed by atoms with Crippen molar-refractivity contribution in [3.63, 3.8) is 0 Å². The molecule has 1 atom stereocenters. The van der Waals surface area contributed by atoms with Crippen LogP contribution in [0.4, 0.5) is 0 Å². The molecule has 1 saturated heterocycles. The second kappa shape index (κ2) is 6.83. The number of hydrogen-bond donors (Lipinski definition) is 2. The first-order chi connectivity index (χ1) is 7.63. The van der Waals surface area contributed by atoms with E-state index in [2.05, 4.69) is 29.3 Å². The number of nitrogens with zero attached hydrogens (tertiary/aromatic N) is 2. The number of nitrogens with two attached hydrogens (primary N) is 1. The fourth-order valence-electron chi connectivity index (χ4n) is 2.13. The zero-order valence-corrected chi connectivity index (χ0v) is 10.4. The highest BCUT2D eigenvalue weighted by Crippen LogP contribution is 2.13. The number of hydrogen-bond acceptors (Lipinski definition) is 4. The number of amides is 1. The Balaban J connectivity index is 2.05. The minimum Gasteiger partial charge on any atom is -0.305 e. The molecule has 0 spiro atoms. The summed E-state index contributed by atoms with van der Waals surface area (Å²) in [5.41, 5.74) is 2.16. The van der Waals surface area contributed by atoms with Crippen LogP contribution in [-0.4, -0.2) is 55.5 Å². The van der Waals surface area contributed by atoms with Crippen LogP contribution in [0.2, 0.25) is 0 Å². The highest BCUT2D eigenvalue weighted by Gasteiger charge is 2.22. The third-order valence-electron chi connectivity index (χ3n) is 3.27. The van der Waals surface area contributed by atoms with Gasteiger partial charge in [0.2, 0.25) is 5.91 Å². The van der Waals surface area contributed by atoms with Gasteiger partial charge < -0.3 is 9.80 Å². The largest absolute Gasteiger partial charge is 0.305 e. The van der Waals surface area contributed by atoms with Crippen LogP contribution in [0.25, 0.3) is 0 Å². The van der Waals surface area contributed by atoms with Gasteiger partial charge in [-0.2, -0.15) is 0 Å². The Kier molecular flexibility index (Phi) is 5.73. The van der Waals surface area contributed by atoms with E-state index in [1.165, 1.54) is 13.0 Å². The van der Waals surface area contributed by atoms with Gasteiger partial charge in [0, 0.05) is 19.0 Å². The molecular weight excluding hydrogens is 204 g/mol. The summed E-state index contributed by atoms with van der Waals surface area (Å²) >= 11 is 0. The first kappa shape index (κ1) is 13.4. The topological polar surface area (TPSA) is 61.6 Å². The second-order valence-corrected chi connectivity index (χ2v) is 4.73. The van der Waals surface area contributed by atoms with E-state index in [0.29, 0.717) is 12.5 Å². The van der Waals surface area contributed by atoms with Crippen LogP contribution in [0.5, 0.6) is 0 Å². The lowest BCUT2D eigenvalue weighted by molar-refractivity contribution is -0.121. The van der Waals surface area contributed by atoms with Crippen LogP contribution in [0.15, 0.2) is 0 Å². The van der Waals surface area contributed by atoms with Crippen molar-refractivity contribution in [1.29, 1.82) is 0 Å². The van der Waals surface area contributed by atoms with Crippen molar-refractivity contribution in [2.75, 3.05) is 33.7 Å². The van der Waals surface area contributed by atoms with Crippen molar-refractivity contribution < 1.29 is 4.79 Å². The van der Waals surface area contributed by atoms with Crippen molar-refractivity contribution >= 4 is 5.91 Å². The highest BCUT2D eigenvalue weighted by molar-refractivity contribution is 5.75. The quantitative estimate of drug-likeness (QED) is 0.286. The molecule has 0 bridgehead atoms. The van der Waals surface area contributed by atoms with E-state index >= 15 is 0 Å². The lowest BCUT2D eigenvalue weighted by Crippen LogP contribution is -2.32. The summed E-state index contributed by atoms with van der Waals surface area (Å²) in [7, 11) is 4.28. The molecule has 5 heteroatoms. The maximum atomic E-state index is 10.9. The average Bonchev–Trinajstić information content (AvgIpc) is 2.72. The van der Waals surface area contributed by atoms with Crippen LogP contribution in [0, 0.1) is 0 Å². The number of unbranched alkanes of at least 4 members (excludes halogenated alkanes) is 1. The highest BCUT2D eigenvalue weighted by atomic mass is 16.2. The number of hydrazine groups is 1. The second-order valence-electron chi connectivity index (χ2n) is 4.73. The first-order valence-electron chi connectivity index (χ1n) is 6.01. The lowest BCUT2D eigenvalue weighted by Gasteiger charge is -2.20. The van der Waals surface area contributed by atoms with Crippen molar-refractivity contribution in [1.82, 2.24) is 15.2 Å².